The molecule has 0 atom stereocenters. The lowest BCUT2D eigenvalue weighted by molar-refractivity contribution is 0.259. The molecule has 0 bridgehead atoms. The fourth-order valence-electron chi connectivity index (χ4n) is 0.978. The molecular weight excluding hydrogens is 222 g/mol. The summed E-state index contributed by atoms with van der Waals surface area (Å²) in [5, 5.41) is 2.15. The zero-order chi connectivity index (χ0) is 11.6. The second kappa shape index (κ2) is 3.75. The third kappa shape index (κ3) is 2.82. The van der Waals surface area contributed by atoms with Crippen molar-refractivity contribution in [2.75, 3.05) is 11.1 Å². The Labute approximate surface area is 85.8 Å². The normalized spacial score (nSPS) is 11.0. The highest BCUT2D eigenvalue weighted by atomic mass is 32.2. The summed E-state index contributed by atoms with van der Waals surface area (Å²) in [5.74, 6) is 0. The average molecular weight is 231 g/mol. The number of nitrogen functional groups attached to an aromatic ring is 1. The summed E-state index contributed by atoms with van der Waals surface area (Å²) in [6.45, 7) is 0. The van der Waals surface area contributed by atoms with Crippen LogP contribution in [0.1, 0.15) is 0 Å². The van der Waals surface area contributed by atoms with Gasteiger partial charge in [-0.05, 0) is 18.2 Å². The lowest BCUT2D eigenvalue weighted by atomic mass is 10.3. The Morgan fingerprint density at radius 1 is 1.40 bits per heavy atom. The molecule has 0 aliphatic carbocycles. The predicted octanol–water partition coefficient (Wildman–Crippen LogP) is 0.00610. The van der Waals surface area contributed by atoms with Crippen molar-refractivity contribution in [3.63, 3.8) is 0 Å². The van der Waals surface area contributed by atoms with Crippen LogP contribution in [-0.2, 0) is 10.1 Å². The van der Waals surface area contributed by atoms with Crippen LogP contribution >= 0.6 is 0 Å². The maximum absolute atomic E-state index is 10.8. The molecule has 6 N–H and O–H groups in total. The van der Waals surface area contributed by atoms with Gasteiger partial charge >= 0.3 is 6.03 Å². The highest BCUT2D eigenvalue weighted by Crippen LogP contribution is 2.22. The third-order valence-corrected chi connectivity index (χ3v) is 2.47. The van der Waals surface area contributed by atoms with Gasteiger partial charge in [0.05, 0.1) is 5.69 Å². The fourth-order valence-corrected chi connectivity index (χ4v) is 1.62. The summed E-state index contributed by atoms with van der Waals surface area (Å²) in [4.78, 5) is 10.0. The number of primary amides is 1. The molecule has 0 fully saturated rings. The minimum absolute atomic E-state index is 0.118. The number of carbonyl (C=O) groups excluding carboxylic acids is 1. The Kier molecular flexibility index (Phi) is 2.82. The molecule has 0 saturated heterocycles. The first-order valence-corrected chi connectivity index (χ1v) is 5.18. The van der Waals surface area contributed by atoms with Crippen LogP contribution in [0.4, 0.5) is 16.2 Å². The highest BCUT2D eigenvalue weighted by Gasteiger charge is 2.14. The maximum atomic E-state index is 10.8. The molecule has 7 nitrogen and oxygen atoms in total. The van der Waals surface area contributed by atoms with Crippen molar-refractivity contribution in [1.29, 1.82) is 0 Å². The van der Waals surface area contributed by atoms with Crippen molar-refractivity contribution in [2.24, 2.45) is 5.73 Å². The summed E-state index contributed by atoms with van der Waals surface area (Å²) in [7, 11) is -4.41. The second-order valence-electron chi connectivity index (χ2n) is 2.72. The smallest absolute Gasteiger partial charge is 0.316 e. The van der Waals surface area contributed by atoms with E-state index in [-0.39, 0.29) is 11.4 Å². The van der Waals surface area contributed by atoms with Crippen molar-refractivity contribution in [3.8, 4) is 0 Å². The van der Waals surface area contributed by atoms with E-state index >= 15 is 0 Å². The van der Waals surface area contributed by atoms with Crippen LogP contribution in [0.25, 0.3) is 0 Å². The molecule has 82 valence electrons. The first-order valence-electron chi connectivity index (χ1n) is 3.74. The van der Waals surface area contributed by atoms with E-state index in [4.69, 9.17) is 16.0 Å². The predicted molar refractivity (Wildman–Crippen MR) is 53.9 cm³/mol. The number of hydrogen-bond donors (Lipinski definition) is 4. The molecule has 0 saturated carbocycles. The highest BCUT2D eigenvalue weighted by molar-refractivity contribution is 7.86. The monoisotopic (exact) mass is 231 g/mol. The van der Waals surface area contributed by atoms with Crippen LogP contribution in [0, 0.1) is 0 Å². The number of rotatable bonds is 2. The summed E-state index contributed by atoms with van der Waals surface area (Å²) in [5.41, 5.74) is 10.2. The largest absolute Gasteiger partial charge is 0.398 e. The van der Waals surface area contributed by atoms with Gasteiger partial charge in [-0.2, -0.15) is 8.42 Å². The minimum atomic E-state index is -4.41. The SMILES string of the molecule is NC(=O)Nc1ccc(N)c(S(=O)(=O)O)c1. The van der Waals surface area contributed by atoms with Gasteiger partial charge in [-0.15, -0.1) is 0 Å². The van der Waals surface area contributed by atoms with Crippen LogP contribution in [0.3, 0.4) is 0 Å². The maximum Gasteiger partial charge on any atom is 0.316 e. The molecule has 1 aromatic rings. The number of benzene rings is 1. The summed E-state index contributed by atoms with van der Waals surface area (Å²) in [6, 6.07) is 2.75. The van der Waals surface area contributed by atoms with Crippen LogP contribution in [0.15, 0.2) is 23.1 Å². The van der Waals surface area contributed by atoms with E-state index in [2.05, 4.69) is 5.32 Å². The van der Waals surface area contributed by atoms with Gasteiger partial charge in [-0.25, -0.2) is 4.79 Å². The Morgan fingerprint density at radius 3 is 2.47 bits per heavy atom. The van der Waals surface area contributed by atoms with Crippen LogP contribution in [-0.4, -0.2) is 19.0 Å². The molecule has 0 radical (unpaired) electrons. The number of carbonyl (C=O) groups is 1. The lowest BCUT2D eigenvalue weighted by Crippen LogP contribution is -2.19. The van der Waals surface area contributed by atoms with Gasteiger partial charge in [0.2, 0.25) is 0 Å². The molecule has 0 aliphatic heterocycles. The van der Waals surface area contributed by atoms with Crippen molar-refractivity contribution in [2.45, 2.75) is 4.90 Å². The average Bonchev–Trinajstić information content (AvgIpc) is 2.05. The van der Waals surface area contributed by atoms with E-state index in [0.717, 1.165) is 6.07 Å². The van der Waals surface area contributed by atoms with Crippen molar-refractivity contribution in [1.82, 2.24) is 0 Å². The molecule has 1 rings (SSSR count). The van der Waals surface area contributed by atoms with Gasteiger partial charge in [0, 0.05) is 5.69 Å². The molecule has 8 heteroatoms. The quantitative estimate of drug-likeness (QED) is 0.419. The molecule has 0 spiro atoms. The van der Waals surface area contributed by atoms with E-state index < -0.39 is 21.0 Å². The molecule has 0 aromatic heterocycles. The van der Waals surface area contributed by atoms with E-state index in [1.165, 1.54) is 12.1 Å². The molecule has 2 amide bonds. The van der Waals surface area contributed by atoms with Gasteiger partial charge in [0.1, 0.15) is 4.90 Å². The van der Waals surface area contributed by atoms with Crippen molar-refractivity contribution < 1.29 is 17.8 Å². The summed E-state index contributed by atoms with van der Waals surface area (Å²) in [6.07, 6.45) is 0. The fraction of sp³-hybridized carbons (Fsp3) is 0. The van der Waals surface area contributed by atoms with Gasteiger partial charge in [-0.3, -0.25) is 4.55 Å². The van der Waals surface area contributed by atoms with Crippen molar-refractivity contribution in [3.05, 3.63) is 18.2 Å². The number of anilines is 2. The molecule has 15 heavy (non-hydrogen) atoms. The number of urea groups is 1. The van der Waals surface area contributed by atoms with Crippen LogP contribution in [0.2, 0.25) is 0 Å². The van der Waals surface area contributed by atoms with Crippen LogP contribution < -0.4 is 16.8 Å². The van der Waals surface area contributed by atoms with Crippen LogP contribution in [0.5, 0.6) is 0 Å². The molecule has 0 unspecified atom stereocenters. The minimum Gasteiger partial charge on any atom is -0.398 e. The third-order valence-electron chi connectivity index (χ3n) is 1.56. The molecule has 0 aliphatic rings. The Bertz CT molecular complexity index is 497. The topological polar surface area (TPSA) is 136 Å². The van der Waals surface area contributed by atoms with E-state index in [1.54, 1.807) is 0 Å². The zero-order valence-electron chi connectivity index (χ0n) is 7.47. The van der Waals surface area contributed by atoms with Crippen molar-refractivity contribution >= 4 is 27.5 Å². The van der Waals surface area contributed by atoms with E-state index in [9.17, 15) is 13.2 Å². The van der Waals surface area contributed by atoms with E-state index in [0.29, 0.717) is 0 Å². The molecule has 0 heterocycles. The first-order chi connectivity index (χ1) is 6.80. The van der Waals surface area contributed by atoms with Gasteiger partial charge in [0.15, 0.2) is 0 Å². The number of hydrogen-bond acceptors (Lipinski definition) is 4. The number of amides is 2. The number of nitrogens with one attached hydrogen (secondary N) is 1. The van der Waals surface area contributed by atoms with Gasteiger partial charge in [-0.1, -0.05) is 0 Å². The number of nitrogens with two attached hydrogens (primary N) is 2. The van der Waals surface area contributed by atoms with E-state index in [1.807, 2.05) is 0 Å². The van der Waals surface area contributed by atoms with Gasteiger partial charge < -0.3 is 16.8 Å². The summed E-state index contributed by atoms with van der Waals surface area (Å²) >= 11 is 0. The van der Waals surface area contributed by atoms with Gasteiger partial charge in [0.25, 0.3) is 10.1 Å². The first kappa shape index (κ1) is 11.3. The Morgan fingerprint density at radius 2 is 2.00 bits per heavy atom. The Balaban J connectivity index is 3.23. The standard InChI is InChI=1S/C7H9N3O4S/c8-5-2-1-4(10-7(9)11)3-6(5)15(12,13)14/h1-3H,8H2,(H3,9,10,11)(H,12,13,14). The molecular formula is C7H9N3O4S. The molecule has 1 aromatic carbocycles. The zero-order valence-corrected chi connectivity index (χ0v) is 8.28. The Hall–Kier alpha value is -1.80. The second-order valence-corrected chi connectivity index (χ2v) is 4.11. The lowest BCUT2D eigenvalue weighted by Gasteiger charge is -2.06. The summed E-state index contributed by atoms with van der Waals surface area (Å²) < 4.78 is 30.4.